The minimum absolute atomic E-state index is 0.00767. The van der Waals surface area contributed by atoms with E-state index in [1.165, 1.54) is 48.5 Å². The lowest BCUT2D eigenvalue weighted by molar-refractivity contribution is -0.434. The van der Waals surface area contributed by atoms with E-state index in [1.807, 2.05) is 0 Å². The van der Waals surface area contributed by atoms with Gasteiger partial charge in [-0.25, -0.2) is 18.9 Å². The summed E-state index contributed by atoms with van der Waals surface area (Å²) < 4.78 is 106. The van der Waals surface area contributed by atoms with Crippen LogP contribution in [0, 0.1) is 0 Å². The Balaban J connectivity index is 1.57. The molecule has 0 amide bonds. The third kappa shape index (κ3) is 12.8. The predicted molar refractivity (Wildman–Crippen MR) is 211 cm³/mol. The topological polar surface area (TPSA) is 362 Å². The second-order valence-corrected chi connectivity index (χ2v) is 17.9. The molecular weight excluding hydrogens is 950 g/mol. The fourth-order valence-electron chi connectivity index (χ4n) is 4.70. The van der Waals surface area contributed by atoms with Crippen molar-refractivity contribution >= 4 is 128 Å². The second-order valence-electron chi connectivity index (χ2n) is 11.0. The number of nitrogens with one attached hydrogen (secondary N) is 2. The molecule has 60 heavy (non-hydrogen) atoms. The minimum atomic E-state index is -4.93. The first-order valence-corrected chi connectivity index (χ1v) is 22.3. The van der Waals surface area contributed by atoms with Crippen LogP contribution in [-0.4, -0.2) is 83.2 Å². The number of halogens is 2. The Labute approximate surface area is 355 Å². The molecule has 320 valence electrons. The van der Waals surface area contributed by atoms with Crippen molar-refractivity contribution in [2.75, 3.05) is 28.9 Å². The number of hydrogen-bond donors (Lipinski definition) is 7. The molecular formula is C28H23Cl2N9O16S5. The molecule has 0 bridgehead atoms. The lowest BCUT2D eigenvalue weighted by Crippen LogP contribution is -2.13. The Hall–Kier alpha value is -4.48. The van der Waals surface area contributed by atoms with E-state index in [0.717, 1.165) is 12.1 Å². The molecule has 5 aromatic rings. The van der Waals surface area contributed by atoms with Crippen molar-refractivity contribution in [3.05, 3.63) is 71.2 Å². The maximum absolute atomic E-state index is 12.7. The fourth-order valence-corrected chi connectivity index (χ4v) is 7.90. The fraction of sp³-hybridized carbons (Fsp3) is 0.107. The maximum atomic E-state index is 12.7. The summed E-state index contributed by atoms with van der Waals surface area (Å²) in [6, 6.07) is 12.0. The molecule has 1 aromatic heterocycles. The van der Waals surface area contributed by atoms with Gasteiger partial charge in [0.2, 0.25) is 16.5 Å². The van der Waals surface area contributed by atoms with E-state index in [1.54, 1.807) is 0 Å². The van der Waals surface area contributed by atoms with Crippen molar-refractivity contribution in [1.29, 1.82) is 0 Å². The first kappa shape index (κ1) is 46.6. The van der Waals surface area contributed by atoms with Gasteiger partial charge < -0.3 is 15.7 Å². The van der Waals surface area contributed by atoms with Crippen LogP contribution < -0.4 is 10.6 Å². The number of aromatic hydroxyl groups is 1. The van der Waals surface area contributed by atoms with E-state index in [0.29, 0.717) is 0 Å². The van der Waals surface area contributed by atoms with Gasteiger partial charge in [0.05, 0.1) is 45.6 Å². The number of phenols is 1. The van der Waals surface area contributed by atoms with E-state index in [4.69, 9.17) is 37.9 Å². The Kier molecular flexibility index (Phi) is 15.8. The van der Waals surface area contributed by atoms with Gasteiger partial charge in [0.25, 0.3) is 20.2 Å². The van der Waals surface area contributed by atoms with Crippen molar-refractivity contribution in [1.82, 2.24) is 15.0 Å². The summed E-state index contributed by atoms with van der Waals surface area (Å²) in [6.07, 6.45) is 0. The van der Waals surface area contributed by atoms with Crippen molar-refractivity contribution < 1.29 is 72.9 Å². The number of hydrogen-bond acceptors (Lipinski definition) is 25. The minimum Gasteiger partial charge on any atom is -0.505 e. The number of sulfone groups is 1. The van der Waals surface area contributed by atoms with Gasteiger partial charge in [0.1, 0.15) is 27.8 Å². The molecule has 25 nitrogen and oxygen atoms in total. The van der Waals surface area contributed by atoms with E-state index in [9.17, 15) is 39.5 Å². The SMILES string of the molecule is O=S(=O)(O)CNc1ccc2c(O)c(/N=N/c3cc(Nc4nc(Cl)nc(Cl)n4)ccc3S(=O)(=O)O)c(SOOO)cc2c1/N=N/c1ccc(S(=O)(=O)CCOSOOO)cc1. The normalized spacial score (nSPS) is 12.5. The maximum Gasteiger partial charge on any atom is 0.296 e. The summed E-state index contributed by atoms with van der Waals surface area (Å²) in [5, 5.41) is 56.4. The van der Waals surface area contributed by atoms with Crippen LogP contribution in [0.5, 0.6) is 5.75 Å². The van der Waals surface area contributed by atoms with Gasteiger partial charge >= 0.3 is 0 Å². The quantitative estimate of drug-likeness (QED) is 0.0100. The van der Waals surface area contributed by atoms with Gasteiger partial charge in [-0.05, 0) is 83.9 Å². The molecule has 4 aromatic carbocycles. The largest absolute Gasteiger partial charge is 0.505 e. The molecule has 0 saturated heterocycles. The second kappa shape index (κ2) is 20.4. The highest BCUT2D eigenvalue weighted by Crippen LogP contribution is 2.48. The summed E-state index contributed by atoms with van der Waals surface area (Å²) in [4.78, 5) is 10.2. The smallest absolute Gasteiger partial charge is 0.296 e. The van der Waals surface area contributed by atoms with Crippen molar-refractivity contribution in [2.24, 2.45) is 20.5 Å². The van der Waals surface area contributed by atoms with Crippen LogP contribution in [0.1, 0.15) is 0 Å². The lowest BCUT2D eigenvalue weighted by Gasteiger charge is -2.14. The molecule has 0 radical (unpaired) electrons. The molecule has 5 rings (SSSR count). The summed E-state index contributed by atoms with van der Waals surface area (Å²) in [5.74, 6) is -2.32. The van der Waals surface area contributed by atoms with E-state index < -0.39 is 63.7 Å². The van der Waals surface area contributed by atoms with Crippen molar-refractivity contribution in [3.8, 4) is 5.75 Å². The number of rotatable bonds is 20. The monoisotopic (exact) mass is 971 g/mol. The van der Waals surface area contributed by atoms with Crippen LogP contribution in [0.2, 0.25) is 10.6 Å². The molecule has 0 atom stereocenters. The van der Waals surface area contributed by atoms with Gasteiger partial charge in [-0.15, -0.1) is 24.0 Å². The zero-order valence-corrected chi connectivity index (χ0v) is 34.6. The predicted octanol–water partition coefficient (Wildman–Crippen LogP) is 7.32. The highest BCUT2D eigenvalue weighted by Gasteiger charge is 2.22. The number of phenolic OH excluding ortho intramolecular Hbond substituents is 1. The molecule has 1 heterocycles. The molecule has 0 aliphatic rings. The highest BCUT2D eigenvalue weighted by atomic mass is 35.5. The van der Waals surface area contributed by atoms with E-state index in [-0.39, 0.29) is 90.8 Å². The molecule has 0 saturated carbocycles. The summed E-state index contributed by atoms with van der Waals surface area (Å²) in [5.41, 5.74) is -0.989. The zero-order chi connectivity index (χ0) is 43.7. The van der Waals surface area contributed by atoms with Crippen molar-refractivity contribution in [2.45, 2.75) is 14.7 Å². The zero-order valence-electron chi connectivity index (χ0n) is 29.0. The molecule has 7 N–H and O–H groups in total. The van der Waals surface area contributed by atoms with Gasteiger partial charge in [-0.2, -0.15) is 36.9 Å². The lowest BCUT2D eigenvalue weighted by atomic mass is 10.1. The Morgan fingerprint density at radius 3 is 2.10 bits per heavy atom. The Morgan fingerprint density at radius 2 is 1.45 bits per heavy atom. The molecule has 0 aliphatic carbocycles. The van der Waals surface area contributed by atoms with Gasteiger partial charge in [-0.3, -0.25) is 13.3 Å². The number of benzene rings is 4. The van der Waals surface area contributed by atoms with Crippen LogP contribution in [0.15, 0.2) is 95.8 Å². The van der Waals surface area contributed by atoms with Crippen LogP contribution in [0.3, 0.4) is 0 Å². The van der Waals surface area contributed by atoms with Gasteiger partial charge in [-0.1, -0.05) is 10.1 Å². The first-order chi connectivity index (χ1) is 28.4. The van der Waals surface area contributed by atoms with Gasteiger partial charge in [0, 0.05) is 16.5 Å². The standard InChI is InChI=1S/C28H23Cl2N9O16S5/c29-26-33-27(30)35-28(34-26)32-15-3-8-22(60(48,49)50)20(11-15)37-39-24-21(56-54-52-41)12-18-17(25(24)40)6-7-19(31-13-59(45,46)47)23(18)38-36-14-1-4-16(5-2-14)58(43,44)10-9-51-57-55-53-42/h1-8,11-12,31,40-42H,9-10,13H2,(H,45,46,47)(H,48,49,50)(H,32,33,34,35)/b38-36+,39-37+. The molecule has 0 spiro atoms. The average Bonchev–Trinajstić information content (AvgIpc) is 3.17. The van der Waals surface area contributed by atoms with E-state index in [2.05, 4.69) is 64.8 Å². The van der Waals surface area contributed by atoms with E-state index >= 15 is 0 Å². The number of anilines is 3. The number of nitrogens with zero attached hydrogens (tertiary/aromatic N) is 7. The molecule has 0 aliphatic heterocycles. The van der Waals surface area contributed by atoms with Crippen LogP contribution in [0.25, 0.3) is 10.8 Å². The molecule has 0 fully saturated rings. The Morgan fingerprint density at radius 1 is 0.767 bits per heavy atom. The highest BCUT2D eigenvalue weighted by molar-refractivity contribution is 7.94. The summed E-state index contributed by atoms with van der Waals surface area (Å²) in [6.45, 7) is -0.338. The van der Waals surface area contributed by atoms with Crippen molar-refractivity contribution in [3.63, 3.8) is 0 Å². The third-order valence-electron chi connectivity index (χ3n) is 7.14. The first-order valence-electron chi connectivity index (χ1n) is 15.4. The van der Waals surface area contributed by atoms with Crippen LogP contribution in [-0.2, 0) is 53.0 Å². The molecule has 0 unspecified atom stereocenters. The van der Waals surface area contributed by atoms with Crippen LogP contribution in [0.4, 0.5) is 40.1 Å². The number of azo groups is 2. The van der Waals surface area contributed by atoms with Gasteiger partial charge in [0.15, 0.2) is 27.9 Å². The van der Waals surface area contributed by atoms with Crippen LogP contribution >= 0.6 is 47.6 Å². The average molecular weight is 973 g/mol. The number of aromatic nitrogens is 3. The molecule has 32 heteroatoms. The Bertz CT molecular complexity index is 2750. The summed E-state index contributed by atoms with van der Waals surface area (Å²) in [7, 11) is -13.4. The third-order valence-corrected chi connectivity index (χ3v) is 11.6. The number of fused-ring (bicyclic) bond motifs is 1. The summed E-state index contributed by atoms with van der Waals surface area (Å²) >= 11 is 12.1.